The molecule has 7 heteroatoms. The lowest BCUT2D eigenvalue weighted by Crippen LogP contribution is -2.41. The van der Waals surface area contributed by atoms with Gasteiger partial charge in [0, 0.05) is 24.0 Å². The predicted octanol–water partition coefficient (Wildman–Crippen LogP) is 5.34. The number of carbonyl (C=O) groups is 1. The lowest BCUT2D eigenvalue weighted by molar-refractivity contribution is 0.0181. The summed E-state index contributed by atoms with van der Waals surface area (Å²) in [4.78, 5) is 14.1. The van der Waals surface area contributed by atoms with Crippen molar-refractivity contribution in [1.29, 1.82) is 0 Å². The molecule has 4 rings (SSSR count). The summed E-state index contributed by atoms with van der Waals surface area (Å²) in [5.74, 6) is 4.25. The lowest BCUT2D eigenvalue weighted by Gasteiger charge is -2.33. The molecule has 1 saturated carbocycles. The highest BCUT2D eigenvalue weighted by Gasteiger charge is 2.42. The van der Waals surface area contributed by atoms with E-state index in [0.717, 1.165) is 79.6 Å². The maximum atomic E-state index is 12.3. The van der Waals surface area contributed by atoms with E-state index in [1.807, 2.05) is 58.8 Å². The van der Waals surface area contributed by atoms with Crippen molar-refractivity contribution in [2.24, 2.45) is 11.3 Å². The number of fused-ring (bicyclic) bond motifs is 1. The maximum Gasteiger partial charge on any atom is 0.410 e. The first kappa shape index (κ1) is 26.9. The molecule has 1 saturated heterocycles. The van der Waals surface area contributed by atoms with Crippen molar-refractivity contribution in [2.75, 3.05) is 33.8 Å². The van der Waals surface area contributed by atoms with Crippen LogP contribution >= 0.6 is 0 Å². The second kappa shape index (κ2) is 11.3. The van der Waals surface area contributed by atoms with Crippen molar-refractivity contribution in [3.63, 3.8) is 0 Å². The molecule has 0 unspecified atom stereocenters. The second-order valence-corrected chi connectivity index (χ2v) is 10.9. The van der Waals surface area contributed by atoms with Gasteiger partial charge in [-0.05, 0) is 98.4 Å². The van der Waals surface area contributed by atoms with E-state index in [9.17, 15) is 4.79 Å². The number of rotatable bonds is 6. The SMILES string of the molecule is C#CC1(COc2ccc3c(CCC4CCN(C(=O)OC(C)(C)C)CC4)noc3c2C)CC1.CNC. The first-order chi connectivity index (χ1) is 16.6. The molecule has 2 aliphatic rings. The number of hydrogen-bond donors (Lipinski definition) is 1. The largest absolute Gasteiger partial charge is 0.492 e. The fourth-order valence-electron chi connectivity index (χ4n) is 4.27. The number of hydrogen-bond acceptors (Lipinski definition) is 6. The molecule has 0 bridgehead atoms. The van der Waals surface area contributed by atoms with Crippen LogP contribution in [0.3, 0.4) is 0 Å². The third-order valence-electron chi connectivity index (χ3n) is 6.63. The highest BCUT2D eigenvalue weighted by molar-refractivity contribution is 5.84. The van der Waals surface area contributed by atoms with Crippen LogP contribution in [0.4, 0.5) is 4.79 Å². The minimum Gasteiger partial charge on any atom is -0.492 e. The van der Waals surface area contributed by atoms with Crippen molar-refractivity contribution < 1.29 is 18.8 Å². The zero-order chi connectivity index (χ0) is 25.6. The van der Waals surface area contributed by atoms with Crippen molar-refractivity contribution in [3.05, 3.63) is 23.4 Å². The predicted molar refractivity (Wildman–Crippen MR) is 139 cm³/mol. The molecule has 1 aliphatic heterocycles. The molecule has 2 fully saturated rings. The van der Waals surface area contributed by atoms with Gasteiger partial charge in [0.1, 0.15) is 18.0 Å². The number of aryl methyl sites for hydroxylation is 2. The summed E-state index contributed by atoms with van der Waals surface area (Å²) in [6, 6.07) is 4.05. The van der Waals surface area contributed by atoms with E-state index in [0.29, 0.717) is 12.5 Å². The number of terminal acetylenes is 1. The number of piperidine rings is 1. The van der Waals surface area contributed by atoms with E-state index < -0.39 is 5.60 Å². The third-order valence-corrected chi connectivity index (χ3v) is 6.63. The van der Waals surface area contributed by atoms with Crippen LogP contribution in [0, 0.1) is 30.6 Å². The molecule has 0 atom stereocenters. The number of benzene rings is 1. The maximum absolute atomic E-state index is 12.3. The topological polar surface area (TPSA) is 76.8 Å². The Labute approximate surface area is 209 Å². The molecular formula is C28H41N3O4. The van der Waals surface area contributed by atoms with Gasteiger partial charge in [0.15, 0.2) is 5.58 Å². The van der Waals surface area contributed by atoms with Crippen molar-refractivity contribution >= 4 is 17.1 Å². The Morgan fingerprint density at radius 3 is 2.51 bits per heavy atom. The average Bonchev–Trinajstić information content (AvgIpc) is 3.48. The van der Waals surface area contributed by atoms with E-state index in [-0.39, 0.29) is 11.5 Å². The highest BCUT2D eigenvalue weighted by Crippen LogP contribution is 2.45. The van der Waals surface area contributed by atoms with Gasteiger partial charge in [0.25, 0.3) is 0 Å². The van der Waals surface area contributed by atoms with Gasteiger partial charge < -0.3 is 24.2 Å². The molecule has 1 amide bonds. The lowest BCUT2D eigenvalue weighted by atomic mass is 9.91. The van der Waals surface area contributed by atoms with Gasteiger partial charge in [-0.15, -0.1) is 6.42 Å². The highest BCUT2D eigenvalue weighted by atomic mass is 16.6. The monoisotopic (exact) mass is 483 g/mol. The summed E-state index contributed by atoms with van der Waals surface area (Å²) in [5, 5.41) is 8.16. The Morgan fingerprint density at radius 2 is 1.94 bits per heavy atom. The van der Waals surface area contributed by atoms with Gasteiger partial charge in [-0.25, -0.2) is 4.79 Å². The van der Waals surface area contributed by atoms with Crippen molar-refractivity contribution in [1.82, 2.24) is 15.4 Å². The van der Waals surface area contributed by atoms with E-state index in [2.05, 4.69) is 16.4 Å². The van der Waals surface area contributed by atoms with Crippen LogP contribution in [0.25, 0.3) is 11.0 Å². The molecule has 0 spiro atoms. The van der Waals surface area contributed by atoms with Crippen molar-refractivity contribution in [3.8, 4) is 18.1 Å². The van der Waals surface area contributed by atoms with Gasteiger partial charge in [-0.3, -0.25) is 0 Å². The molecule has 192 valence electrons. The third kappa shape index (κ3) is 7.14. The summed E-state index contributed by atoms with van der Waals surface area (Å²) < 4.78 is 17.2. The number of nitrogens with one attached hydrogen (secondary N) is 1. The van der Waals surface area contributed by atoms with Crippen LogP contribution in [0.5, 0.6) is 5.75 Å². The second-order valence-electron chi connectivity index (χ2n) is 10.9. The zero-order valence-electron chi connectivity index (χ0n) is 22.2. The Balaban J connectivity index is 0.00000108. The molecule has 1 aromatic heterocycles. The zero-order valence-corrected chi connectivity index (χ0v) is 22.2. The van der Waals surface area contributed by atoms with Crippen LogP contribution in [0.15, 0.2) is 16.7 Å². The average molecular weight is 484 g/mol. The fourth-order valence-corrected chi connectivity index (χ4v) is 4.27. The number of aromatic nitrogens is 1. The smallest absolute Gasteiger partial charge is 0.410 e. The number of nitrogens with zero attached hydrogens (tertiary/aromatic N) is 2. The van der Waals surface area contributed by atoms with Crippen LogP contribution in [-0.2, 0) is 11.2 Å². The van der Waals surface area contributed by atoms with Gasteiger partial charge >= 0.3 is 6.09 Å². The Morgan fingerprint density at radius 1 is 1.29 bits per heavy atom. The molecule has 2 heterocycles. The number of amides is 1. The molecular weight excluding hydrogens is 442 g/mol. The van der Waals surface area contributed by atoms with Crippen molar-refractivity contribution in [2.45, 2.75) is 71.8 Å². The van der Waals surface area contributed by atoms with E-state index in [4.69, 9.17) is 20.4 Å². The van der Waals surface area contributed by atoms with Gasteiger partial charge in [-0.1, -0.05) is 11.1 Å². The Hall–Kier alpha value is -2.72. The standard InChI is InChI=1S/C26H34N2O4.C2H7N/c1-6-26(13-14-26)17-30-22-10-8-20-21(27-32-23(20)18(22)2)9-7-19-11-15-28(16-12-19)24(29)31-25(3,4)5;1-3-2/h1,8,10,19H,7,9,11-17H2,2-5H3;3H,1-2H3. The minimum atomic E-state index is -0.453. The summed E-state index contributed by atoms with van der Waals surface area (Å²) >= 11 is 0. The quantitative estimate of drug-likeness (QED) is 0.559. The van der Waals surface area contributed by atoms with E-state index >= 15 is 0 Å². The molecule has 1 aliphatic carbocycles. The summed E-state index contributed by atoms with van der Waals surface area (Å²) in [5.41, 5.74) is 2.23. The minimum absolute atomic E-state index is 0.0764. The molecule has 1 N–H and O–H groups in total. The van der Waals surface area contributed by atoms with Crippen LogP contribution in [0.1, 0.15) is 64.1 Å². The van der Waals surface area contributed by atoms with Crippen LogP contribution in [0.2, 0.25) is 0 Å². The molecule has 2 aromatic rings. The number of ether oxygens (including phenoxy) is 2. The molecule has 7 nitrogen and oxygen atoms in total. The van der Waals surface area contributed by atoms with Crippen LogP contribution < -0.4 is 10.1 Å². The Bertz CT molecular complexity index is 1030. The number of likely N-dealkylation sites (tertiary alicyclic amines) is 1. The summed E-state index contributed by atoms with van der Waals surface area (Å²) in [6.45, 7) is 9.76. The first-order valence-corrected chi connectivity index (χ1v) is 12.7. The van der Waals surface area contributed by atoms with Gasteiger partial charge in [-0.2, -0.15) is 0 Å². The molecule has 35 heavy (non-hydrogen) atoms. The van der Waals surface area contributed by atoms with E-state index in [1.165, 1.54) is 0 Å². The number of carbonyl (C=O) groups excluding carboxylic acids is 1. The molecule has 0 radical (unpaired) electrons. The first-order valence-electron chi connectivity index (χ1n) is 12.7. The fraction of sp³-hybridized carbons (Fsp3) is 0.643. The van der Waals surface area contributed by atoms with Gasteiger partial charge in [0.05, 0.1) is 11.1 Å². The van der Waals surface area contributed by atoms with Gasteiger partial charge in [0.2, 0.25) is 0 Å². The van der Waals surface area contributed by atoms with E-state index in [1.54, 1.807) is 0 Å². The summed E-state index contributed by atoms with van der Waals surface area (Å²) in [7, 11) is 3.75. The normalized spacial score (nSPS) is 17.3. The molecule has 1 aromatic carbocycles. The van der Waals surface area contributed by atoms with Crippen LogP contribution in [-0.4, -0.2) is 55.5 Å². The Kier molecular flexibility index (Phi) is 8.71. The summed E-state index contributed by atoms with van der Waals surface area (Å²) in [6.07, 6.45) is 11.4.